The number of anilines is 3. The van der Waals surface area contributed by atoms with Crippen molar-refractivity contribution in [3.63, 3.8) is 0 Å². The molecule has 0 radical (unpaired) electrons. The molecule has 0 amide bonds. The number of fused-ring (bicyclic) bond motifs is 13. The summed E-state index contributed by atoms with van der Waals surface area (Å²) in [5, 5.41) is 22.1. The molecule has 0 atom stereocenters. The van der Waals surface area contributed by atoms with Crippen LogP contribution in [-0.2, 0) is 11.8 Å². The fourth-order valence-corrected chi connectivity index (χ4v) is 11.3. The highest BCUT2D eigenvalue weighted by Gasteiger charge is 2.52. The molecule has 1 heterocycles. The second-order valence-electron chi connectivity index (χ2n) is 17.2. The minimum absolute atomic E-state index is 0.0573. The summed E-state index contributed by atoms with van der Waals surface area (Å²) in [6.45, 7) is 0. The van der Waals surface area contributed by atoms with Crippen molar-refractivity contribution in [3.05, 3.63) is 262 Å². The van der Waals surface area contributed by atoms with E-state index in [4.69, 9.17) is 0 Å². The Morgan fingerprint density at radius 2 is 0.938 bits per heavy atom. The maximum absolute atomic E-state index is 12.2. The summed E-state index contributed by atoms with van der Waals surface area (Å²) in [6.07, 6.45) is 0.762. The Morgan fingerprint density at radius 3 is 1.53 bits per heavy atom. The lowest BCUT2D eigenvalue weighted by molar-refractivity contribution is -0.384. The van der Waals surface area contributed by atoms with Gasteiger partial charge < -0.3 is 4.90 Å². The van der Waals surface area contributed by atoms with Crippen LogP contribution < -0.4 is 4.90 Å². The van der Waals surface area contributed by atoms with Crippen molar-refractivity contribution >= 4 is 65.8 Å². The summed E-state index contributed by atoms with van der Waals surface area (Å²) in [5.74, 6) is 0. The minimum Gasteiger partial charge on any atom is -0.310 e. The standard InChI is InChI=1S/C60H38N2O2/c63-62(64)45-19-13-18-44(37-45)61-57-26-11-9-24-53(57)60(54-25-10-12-27-58(54)61)55-33-38(32-52-46-20-5-1-14-39(46)34-40-15-2-6-21-47(40)52)28-30-50(55)51-31-29-43(36-56(51)60)59-48-22-7-3-16-41(48)35-42-17-4-8-23-49(42)59/h1-31,33-37H,32H2. The van der Waals surface area contributed by atoms with E-state index in [1.807, 2.05) is 6.07 Å². The van der Waals surface area contributed by atoms with Crippen molar-refractivity contribution in [2.45, 2.75) is 11.8 Å². The SMILES string of the molecule is O=[N+]([O-])c1cccc(N2c3ccccc3C3(c4cc(Cc5c6ccccc6cc6ccccc56)ccc4-c4ccc(-c5c6ccccc6cc6ccccc56)cc43)c3ccccc32)c1. The Hall–Kier alpha value is -8.34. The molecule has 0 fully saturated rings. The maximum atomic E-state index is 12.2. The molecule has 4 heteroatoms. The number of nitro benzene ring substituents is 1. The highest BCUT2D eigenvalue weighted by atomic mass is 16.6. The number of rotatable bonds is 5. The first-order valence-electron chi connectivity index (χ1n) is 21.9. The van der Waals surface area contributed by atoms with Gasteiger partial charge in [0, 0.05) is 12.1 Å². The molecule has 11 aromatic rings. The van der Waals surface area contributed by atoms with Crippen LogP contribution in [-0.4, -0.2) is 4.92 Å². The lowest BCUT2D eigenvalue weighted by atomic mass is 9.64. The molecule has 4 nitrogen and oxygen atoms in total. The van der Waals surface area contributed by atoms with Crippen LogP contribution in [0.15, 0.2) is 218 Å². The molecule has 0 unspecified atom stereocenters. The monoisotopic (exact) mass is 818 g/mol. The second kappa shape index (κ2) is 13.8. The first kappa shape index (κ1) is 36.3. The topological polar surface area (TPSA) is 46.4 Å². The second-order valence-corrected chi connectivity index (χ2v) is 17.2. The minimum atomic E-state index is -0.734. The summed E-state index contributed by atoms with van der Waals surface area (Å²) in [6, 6.07) is 78.3. The molecule has 0 N–H and O–H groups in total. The van der Waals surface area contributed by atoms with Gasteiger partial charge in [-0.25, -0.2) is 0 Å². The number of nitrogens with zero attached hydrogens (tertiary/aromatic N) is 2. The summed E-state index contributed by atoms with van der Waals surface area (Å²) in [5.41, 5.74) is 14.2. The molecule has 1 aliphatic heterocycles. The molecule has 0 aromatic heterocycles. The Kier molecular flexibility index (Phi) is 7.85. The largest absolute Gasteiger partial charge is 0.310 e. The van der Waals surface area contributed by atoms with E-state index in [9.17, 15) is 10.1 Å². The molecule has 0 bridgehead atoms. The zero-order valence-corrected chi connectivity index (χ0v) is 34.7. The van der Waals surface area contributed by atoms with E-state index in [0.29, 0.717) is 0 Å². The van der Waals surface area contributed by atoms with Gasteiger partial charge in [-0.3, -0.25) is 10.1 Å². The molecule has 2 aliphatic rings. The van der Waals surface area contributed by atoms with Crippen LogP contribution in [0.25, 0.3) is 65.3 Å². The Bertz CT molecular complexity index is 3620. The lowest BCUT2D eigenvalue weighted by Crippen LogP contribution is -2.36. The molecule has 0 saturated carbocycles. The Balaban J connectivity index is 1.11. The molecule has 0 saturated heterocycles. The normalized spacial score (nSPS) is 13.3. The third kappa shape index (κ3) is 5.17. The Morgan fingerprint density at radius 1 is 0.438 bits per heavy atom. The summed E-state index contributed by atoms with van der Waals surface area (Å²) in [4.78, 5) is 14.1. The number of hydrogen-bond donors (Lipinski definition) is 0. The highest BCUT2D eigenvalue weighted by Crippen LogP contribution is 2.64. The van der Waals surface area contributed by atoms with Crippen molar-refractivity contribution in [2.24, 2.45) is 0 Å². The quantitative estimate of drug-likeness (QED) is 0.0987. The maximum Gasteiger partial charge on any atom is 0.271 e. The van der Waals surface area contributed by atoms with Crippen LogP contribution in [0.5, 0.6) is 0 Å². The summed E-state index contributed by atoms with van der Waals surface area (Å²) in [7, 11) is 0. The first-order chi connectivity index (χ1) is 31.6. The van der Waals surface area contributed by atoms with Crippen molar-refractivity contribution < 1.29 is 4.92 Å². The van der Waals surface area contributed by atoms with E-state index in [1.165, 1.54) is 82.0 Å². The van der Waals surface area contributed by atoms with Gasteiger partial charge in [0.25, 0.3) is 5.69 Å². The molecule has 64 heavy (non-hydrogen) atoms. The number of non-ortho nitro benzene ring substituents is 1. The van der Waals surface area contributed by atoms with Crippen LogP contribution in [0.2, 0.25) is 0 Å². The molecule has 11 aromatic carbocycles. The first-order valence-corrected chi connectivity index (χ1v) is 21.9. The third-order valence-electron chi connectivity index (χ3n) is 13.9. The van der Waals surface area contributed by atoms with Gasteiger partial charge in [0.2, 0.25) is 0 Å². The van der Waals surface area contributed by atoms with Crippen molar-refractivity contribution in [3.8, 4) is 22.3 Å². The summed E-state index contributed by atoms with van der Waals surface area (Å²) >= 11 is 0. The highest BCUT2D eigenvalue weighted by molar-refractivity contribution is 6.13. The van der Waals surface area contributed by atoms with E-state index in [2.05, 4.69) is 199 Å². The van der Waals surface area contributed by atoms with Gasteiger partial charge in [0.15, 0.2) is 0 Å². The average molecular weight is 819 g/mol. The zero-order valence-electron chi connectivity index (χ0n) is 34.7. The predicted octanol–water partition coefficient (Wildman–Crippen LogP) is 15.6. The Labute approximate surface area is 370 Å². The van der Waals surface area contributed by atoms with Gasteiger partial charge in [0.1, 0.15) is 0 Å². The third-order valence-corrected chi connectivity index (χ3v) is 13.9. The van der Waals surface area contributed by atoms with Crippen LogP contribution in [0, 0.1) is 10.1 Å². The summed E-state index contributed by atoms with van der Waals surface area (Å²) < 4.78 is 0. The molecule has 300 valence electrons. The van der Waals surface area contributed by atoms with Gasteiger partial charge in [-0.05, 0) is 142 Å². The smallest absolute Gasteiger partial charge is 0.271 e. The van der Waals surface area contributed by atoms with Crippen LogP contribution in [0.3, 0.4) is 0 Å². The fourth-order valence-electron chi connectivity index (χ4n) is 11.3. The van der Waals surface area contributed by atoms with Gasteiger partial charge in [-0.1, -0.05) is 170 Å². The van der Waals surface area contributed by atoms with Crippen molar-refractivity contribution in [1.29, 1.82) is 0 Å². The van der Waals surface area contributed by atoms with Crippen molar-refractivity contribution in [1.82, 2.24) is 0 Å². The van der Waals surface area contributed by atoms with E-state index in [-0.39, 0.29) is 10.6 Å². The van der Waals surface area contributed by atoms with Crippen LogP contribution in [0.1, 0.15) is 33.4 Å². The van der Waals surface area contributed by atoms with Gasteiger partial charge in [0.05, 0.1) is 27.4 Å². The number of hydrogen-bond acceptors (Lipinski definition) is 3. The molecular formula is C60H38N2O2. The van der Waals surface area contributed by atoms with Crippen molar-refractivity contribution in [2.75, 3.05) is 4.90 Å². The number of benzene rings is 11. The van der Waals surface area contributed by atoms with E-state index in [1.54, 1.807) is 18.2 Å². The predicted molar refractivity (Wildman–Crippen MR) is 263 cm³/mol. The lowest BCUT2D eigenvalue weighted by Gasteiger charge is -2.45. The molecule has 13 rings (SSSR count). The number of para-hydroxylation sites is 2. The number of nitro groups is 1. The molecular weight excluding hydrogens is 781 g/mol. The van der Waals surface area contributed by atoms with Gasteiger partial charge in [-0.15, -0.1) is 0 Å². The zero-order chi connectivity index (χ0) is 42.5. The fraction of sp³-hybridized carbons (Fsp3) is 0.0333. The van der Waals surface area contributed by atoms with E-state index >= 15 is 0 Å². The average Bonchev–Trinajstić information content (AvgIpc) is 3.62. The van der Waals surface area contributed by atoms with Gasteiger partial charge >= 0.3 is 0 Å². The molecule has 1 aliphatic carbocycles. The van der Waals surface area contributed by atoms with E-state index in [0.717, 1.165) is 40.2 Å². The van der Waals surface area contributed by atoms with E-state index < -0.39 is 5.41 Å². The molecule has 1 spiro atoms. The van der Waals surface area contributed by atoms with Gasteiger partial charge in [-0.2, -0.15) is 0 Å². The van der Waals surface area contributed by atoms with Crippen LogP contribution >= 0.6 is 0 Å². The van der Waals surface area contributed by atoms with Crippen LogP contribution in [0.4, 0.5) is 22.7 Å².